The lowest BCUT2D eigenvalue weighted by molar-refractivity contribution is 0.0340. The van der Waals surface area contributed by atoms with E-state index in [9.17, 15) is 0 Å². The van der Waals surface area contributed by atoms with Crippen LogP contribution >= 0.6 is 22.9 Å². The number of hydrogen-bond donors (Lipinski definition) is 1. The zero-order valence-corrected chi connectivity index (χ0v) is 18.3. The molecule has 4 aliphatic rings. The molecule has 0 spiro atoms. The van der Waals surface area contributed by atoms with E-state index >= 15 is 0 Å². The van der Waals surface area contributed by atoms with E-state index in [4.69, 9.17) is 16.3 Å². The van der Waals surface area contributed by atoms with Crippen LogP contribution in [0.25, 0.3) is 10.4 Å². The highest BCUT2D eigenvalue weighted by molar-refractivity contribution is 7.13. The fourth-order valence-electron chi connectivity index (χ4n) is 4.81. The van der Waals surface area contributed by atoms with Crippen LogP contribution in [0, 0.1) is 11.8 Å². The van der Waals surface area contributed by atoms with E-state index in [0.717, 1.165) is 64.9 Å². The minimum atomic E-state index is 0.744. The SMILES string of the molecule is Clc1cccc(-c2scnc2NC(OCCC2CN3CCC2CC3)=C2CCC2)c1. The van der Waals surface area contributed by atoms with E-state index in [1.165, 1.54) is 44.5 Å². The molecule has 1 aromatic carbocycles. The highest BCUT2D eigenvalue weighted by Crippen LogP contribution is 2.37. The monoisotopic (exact) mass is 429 g/mol. The van der Waals surface area contributed by atoms with Crippen LogP contribution in [0.2, 0.25) is 5.02 Å². The van der Waals surface area contributed by atoms with Crippen molar-refractivity contribution in [1.82, 2.24) is 9.88 Å². The number of nitrogens with zero attached hydrogens (tertiary/aromatic N) is 2. The van der Waals surface area contributed by atoms with Gasteiger partial charge in [0, 0.05) is 11.6 Å². The molecule has 6 heteroatoms. The van der Waals surface area contributed by atoms with Crippen LogP contribution in [0.5, 0.6) is 0 Å². The number of fused-ring (bicyclic) bond motifs is 3. The maximum absolute atomic E-state index is 6.33. The summed E-state index contributed by atoms with van der Waals surface area (Å²) in [6, 6.07) is 7.95. The van der Waals surface area contributed by atoms with Gasteiger partial charge in [-0.3, -0.25) is 0 Å². The summed E-state index contributed by atoms with van der Waals surface area (Å²) in [5.74, 6) is 3.51. The minimum absolute atomic E-state index is 0.744. The van der Waals surface area contributed by atoms with E-state index in [0.29, 0.717) is 0 Å². The zero-order valence-electron chi connectivity index (χ0n) is 16.7. The summed E-state index contributed by atoms with van der Waals surface area (Å²) >= 11 is 7.83. The molecular formula is C23H28ClN3OS. The first-order valence-corrected chi connectivity index (χ1v) is 12.1. The number of anilines is 1. The molecule has 1 aliphatic carbocycles. The molecule has 29 heavy (non-hydrogen) atoms. The van der Waals surface area contributed by atoms with E-state index in [-0.39, 0.29) is 0 Å². The average molecular weight is 430 g/mol. The number of hydrogen-bond acceptors (Lipinski definition) is 5. The van der Waals surface area contributed by atoms with Crippen molar-refractivity contribution in [1.29, 1.82) is 0 Å². The molecule has 1 atom stereocenters. The van der Waals surface area contributed by atoms with Gasteiger partial charge in [0.05, 0.1) is 17.0 Å². The third kappa shape index (κ3) is 4.32. The van der Waals surface area contributed by atoms with Crippen LogP contribution in [-0.2, 0) is 4.74 Å². The third-order valence-electron chi connectivity index (χ3n) is 6.69. The Morgan fingerprint density at radius 1 is 1.28 bits per heavy atom. The second-order valence-electron chi connectivity index (χ2n) is 8.49. The number of piperidine rings is 3. The number of aromatic nitrogens is 1. The number of nitrogens with one attached hydrogen (secondary N) is 1. The molecule has 2 aromatic rings. The Morgan fingerprint density at radius 2 is 2.14 bits per heavy atom. The van der Waals surface area contributed by atoms with Crippen LogP contribution in [0.3, 0.4) is 0 Å². The lowest BCUT2D eigenvalue weighted by Gasteiger charge is -2.44. The molecule has 1 unspecified atom stereocenters. The second kappa shape index (κ2) is 8.66. The van der Waals surface area contributed by atoms with Gasteiger partial charge in [0.2, 0.25) is 0 Å². The Kier molecular flexibility index (Phi) is 5.80. The fourth-order valence-corrected chi connectivity index (χ4v) is 5.74. The summed E-state index contributed by atoms with van der Waals surface area (Å²) in [4.78, 5) is 8.30. The maximum Gasteiger partial charge on any atom is 0.191 e. The Labute approximate surface area is 181 Å². The van der Waals surface area contributed by atoms with Gasteiger partial charge in [0.15, 0.2) is 11.7 Å². The maximum atomic E-state index is 6.33. The predicted octanol–water partition coefficient (Wildman–Crippen LogP) is 6.02. The van der Waals surface area contributed by atoms with Crippen molar-refractivity contribution in [2.24, 2.45) is 11.8 Å². The highest BCUT2D eigenvalue weighted by Gasteiger charge is 2.33. The van der Waals surface area contributed by atoms with Crippen molar-refractivity contribution in [2.45, 2.75) is 38.5 Å². The Bertz CT molecular complexity index is 882. The second-order valence-corrected chi connectivity index (χ2v) is 9.78. The summed E-state index contributed by atoms with van der Waals surface area (Å²) in [6.45, 7) is 4.65. The van der Waals surface area contributed by atoms with Gasteiger partial charge < -0.3 is 15.0 Å². The van der Waals surface area contributed by atoms with Crippen molar-refractivity contribution >= 4 is 28.8 Å². The number of thiazole rings is 1. The fraction of sp³-hybridized carbons (Fsp3) is 0.522. The number of ether oxygens (including phenoxy) is 1. The van der Waals surface area contributed by atoms with Crippen LogP contribution in [0.1, 0.15) is 38.5 Å². The smallest absolute Gasteiger partial charge is 0.191 e. The van der Waals surface area contributed by atoms with Gasteiger partial charge >= 0.3 is 0 Å². The molecule has 154 valence electrons. The van der Waals surface area contributed by atoms with Gasteiger partial charge in [-0.15, -0.1) is 11.3 Å². The molecule has 0 amide bonds. The summed E-state index contributed by atoms with van der Waals surface area (Å²) in [5, 5.41) is 4.27. The first kappa shape index (κ1) is 19.4. The summed E-state index contributed by atoms with van der Waals surface area (Å²) in [7, 11) is 0. The van der Waals surface area contributed by atoms with Gasteiger partial charge in [-0.2, -0.15) is 0 Å². The first-order valence-electron chi connectivity index (χ1n) is 10.8. The lowest BCUT2D eigenvalue weighted by Crippen LogP contribution is -2.47. The van der Waals surface area contributed by atoms with Crippen LogP contribution in [-0.4, -0.2) is 36.1 Å². The molecule has 4 heterocycles. The normalized spacial score (nSPS) is 25.6. The van der Waals surface area contributed by atoms with Crippen LogP contribution in [0.15, 0.2) is 41.2 Å². The van der Waals surface area contributed by atoms with Crippen molar-refractivity contribution in [3.63, 3.8) is 0 Å². The zero-order chi connectivity index (χ0) is 19.6. The topological polar surface area (TPSA) is 37.4 Å². The summed E-state index contributed by atoms with van der Waals surface area (Å²) in [6.07, 6.45) is 7.40. The Hall–Kier alpha value is -1.56. The average Bonchev–Trinajstić information content (AvgIpc) is 3.16. The Balaban J connectivity index is 1.25. The quantitative estimate of drug-likeness (QED) is 0.546. The van der Waals surface area contributed by atoms with Crippen molar-refractivity contribution in [3.8, 4) is 10.4 Å². The minimum Gasteiger partial charge on any atom is -0.479 e. The van der Waals surface area contributed by atoms with Crippen LogP contribution in [0.4, 0.5) is 5.82 Å². The highest BCUT2D eigenvalue weighted by atomic mass is 35.5. The predicted molar refractivity (Wildman–Crippen MR) is 120 cm³/mol. The molecule has 4 nitrogen and oxygen atoms in total. The summed E-state index contributed by atoms with van der Waals surface area (Å²) in [5.41, 5.74) is 4.37. The van der Waals surface area contributed by atoms with E-state index < -0.39 is 0 Å². The largest absolute Gasteiger partial charge is 0.479 e. The van der Waals surface area contributed by atoms with Gasteiger partial charge in [-0.25, -0.2) is 4.98 Å². The number of benzene rings is 1. The standard InChI is InChI=1S/C23H28ClN3OS/c24-20-6-2-5-18(13-20)21-22(25-15-29-21)26-23(17-3-1-4-17)28-12-9-19-14-27-10-7-16(19)8-11-27/h2,5-6,13,15-16,19,26H,1,3-4,7-12,14H2. The molecule has 3 aliphatic heterocycles. The van der Waals surface area contributed by atoms with Crippen molar-refractivity contribution in [2.75, 3.05) is 31.6 Å². The molecule has 0 radical (unpaired) electrons. The molecule has 6 rings (SSSR count). The number of allylic oxidation sites excluding steroid dienone is 1. The molecule has 1 N–H and O–H groups in total. The van der Waals surface area contributed by atoms with Gasteiger partial charge in [-0.05, 0) is 86.7 Å². The molecule has 4 fully saturated rings. The molecular weight excluding hydrogens is 402 g/mol. The molecule has 1 saturated carbocycles. The van der Waals surface area contributed by atoms with Crippen molar-refractivity contribution in [3.05, 3.63) is 46.3 Å². The van der Waals surface area contributed by atoms with Gasteiger partial charge in [0.1, 0.15) is 0 Å². The van der Waals surface area contributed by atoms with Gasteiger partial charge in [0.25, 0.3) is 0 Å². The number of halogens is 1. The molecule has 2 bridgehead atoms. The third-order valence-corrected chi connectivity index (χ3v) is 7.80. The van der Waals surface area contributed by atoms with Gasteiger partial charge in [-0.1, -0.05) is 23.7 Å². The first-order chi connectivity index (χ1) is 14.3. The molecule has 1 aromatic heterocycles. The Morgan fingerprint density at radius 3 is 2.83 bits per heavy atom. The number of rotatable bonds is 7. The van der Waals surface area contributed by atoms with Crippen molar-refractivity contribution < 1.29 is 4.74 Å². The molecule has 3 saturated heterocycles. The van der Waals surface area contributed by atoms with E-state index in [1.54, 1.807) is 11.3 Å². The van der Waals surface area contributed by atoms with Crippen LogP contribution < -0.4 is 5.32 Å². The van der Waals surface area contributed by atoms with E-state index in [2.05, 4.69) is 21.3 Å². The lowest BCUT2D eigenvalue weighted by atomic mass is 9.78. The van der Waals surface area contributed by atoms with E-state index in [1.807, 2.05) is 23.7 Å². The summed E-state index contributed by atoms with van der Waals surface area (Å²) < 4.78 is 6.33.